The summed E-state index contributed by atoms with van der Waals surface area (Å²) in [5, 5.41) is 11.3. The fourth-order valence-corrected chi connectivity index (χ4v) is 2.78. The molecule has 0 saturated carbocycles. The lowest BCUT2D eigenvalue weighted by molar-refractivity contribution is -0.137. The zero-order valence-electron chi connectivity index (χ0n) is 9.34. The van der Waals surface area contributed by atoms with E-state index in [2.05, 4.69) is 20.9 Å². The Kier molecular flexibility index (Phi) is 4.11. The van der Waals surface area contributed by atoms with Crippen LogP contribution in [-0.2, 0) is 4.79 Å². The van der Waals surface area contributed by atoms with Crippen molar-refractivity contribution in [2.75, 3.05) is 0 Å². The normalized spacial score (nSPS) is 12.3. The van der Waals surface area contributed by atoms with Gasteiger partial charge >= 0.3 is 5.97 Å². The van der Waals surface area contributed by atoms with Gasteiger partial charge in [0.15, 0.2) is 0 Å². The maximum Gasteiger partial charge on any atom is 0.305 e. The van der Waals surface area contributed by atoms with Crippen LogP contribution in [0.1, 0.15) is 18.2 Å². The standard InChI is InChI=1S/C12H11BrN2O2S/c13-8-3-1-2-7(4-8)12-15-10(6-18-12)9(14)5-11(16)17/h1-4,6,9H,5,14H2,(H,16,17). The fourth-order valence-electron chi connectivity index (χ4n) is 1.50. The van der Waals surface area contributed by atoms with Crippen molar-refractivity contribution in [2.24, 2.45) is 5.73 Å². The van der Waals surface area contributed by atoms with Crippen molar-refractivity contribution in [1.29, 1.82) is 0 Å². The number of carbonyl (C=O) groups is 1. The van der Waals surface area contributed by atoms with E-state index in [9.17, 15) is 4.79 Å². The van der Waals surface area contributed by atoms with Crippen LogP contribution in [0.3, 0.4) is 0 Å². The van der Waals surface area contributed by atoms with Gasteiger partial charge in [-0.1, -0.05) is 28.1 Å². The van der Waals surface area contributed by atoms with Crippen LogP contribution < -0.4 is 5.73 Å². The van der Waals surface area contributed by atoms with E-state index in [4.69, 9.17) is 10.8 Å². The topological polar surface area (TPSA) is 76.2 Å². The molecule has 0 fully saturated rings. The van der Waals surface area contributed by atoms with E-state index in [1.807, 2.05) is 29.6 Å². The first-order chi connectivity index (χ1) is 8.56. The first-order valence-corrected chi connectivity index (χ1v) is 6.92. The van der Waals surface area contributed by atoms with Crippen molar-refractivity contribution in [3.8, 4) is 10.6 Å². The molecule has 1 aromatic carbocycles. The summed E-state index contributed by atoms with van der Waals surface area (Å²) in [7, 11) is 0. The van der Waals surface area contributed by atoms with Gasteiger partial charge < -0.3 is 10.8 Å². The third-order valence-electron chi connectivity index (χ3n) is 2.37. The molecule has 0 amide bonds. The average Bonchev–Trinajstić information content (AvgIpc) is 2.77. The lowest BCUT2D eigenvalue weighted by Crippen LogP contribution is -2.15. The van der Waals surface area contributed by atoms with Gasteiger partial charge in [0.2, 0.25) is 0 Å². The van der Waals surface area contributed by atoms with Crippen molar-refractivity contribution in [1.82, 2.24) is 4.98 Å². The molecule has 1 unspecified atom stereocenters. The van der Waals surface area contributed by atoms with Crippen LogP contribution in [-0.4, -0.2) is 16.1 Å². The van der Waals surface area contributed by atoms with Crippen LogP contribution in [0.4, 0.5) is 0 Å². The highest BCUT2D eigenvalue weighted by Gasteiger charge is 2.14. The van der Waals surface area contributed by atoms with Crippen molar-refractivity contribution in [2.45, 2.75) is 12.5 Å². The summed E-state index contributed by atoms with van der Waals surface area (Å²) in [5.74, 6) is -0.917. The number of rotatable bonds is 4. The monoisotopic (exact) mass is 326 g/mol. The van der Waals surface area contributed by atoms with Gasteiger partial charge in [-0.05, 0) is 12.1 Å². The summed E-state index contributed by atoms with van der Waals surface area (Å²) in [6, 6.07) is 7.23. The molecule has 0 aliphatic rings. The smallest absolute Gasteiger partial charge is 0.305 e. The highest BCUT2D eigenvalue weighted by Crippen LogP contribution is 2.28. The predicted molar refractivity (Wildman–Crippen MR) is 74.4 cm³/mol. The summed E-state index contributed by atoms with van der Waals surface area (Å²) in [5.41, 5.74) is 7.38. The minimum atomic E-state index is -0.917. The van der Waals surface area contributed by atoms with Crippen LogP contribution in [0.15, 0.2) is 34.1 Å². The van der Waals surface area contributed by atoms with E-state index in [1.54, 1.807) is 0 Å². The molecular formula is C12H11BrN2O2S. The molecule has 0 radical (unpaired) electrons. The van der Waals surface area contributed by atoms with Crippen LogP contribution in [0, 0.1) is 0 Å². The Morgan fingerprint density at radius 1 is 1.56 bits per heavy atom. The number of nitrogens with zero attached hydrogens (tertiary/aromatic N) is 1. The number of benzene rings is 1. The van der Waals surface area contributed by atoms with E-state index < -0.39 is 12.0 Å². The lowest BCUT2D eigenvalue weighted by Gasteiger charge is -2.04. The molecule has 2 rings (SSSR count). The molecule has 0 aliphatic heterocycles. The van der Waals surface area contributed by atoms with Gasteiger partial charge in [0, 0.05) is 15.4 Å². The molecule has 0 saturated heterocycles. The Labute approximate surface area is 117 Å². The van der Waals surface area contributed by atoms with Gasteiger partial charge in [-0.15, -0.1) is 11.3 Å². The summed E-state index contributed by atoms with van der Waals surface area (Å²) >= 11 is 4.86. The minimum Gasteiger partial charge on any atom is -0.481 e. The molecule has 6 heteroatoms. The third kappa shape index (κ3) is 3.16. The van der Waals surface area contributed by atoms with E-state index in [1.165, 1.54) is 11.3 Å². The summed E-state index contributed by atoms with van der Waals surface area (Å²) in [4.78, 5) is 15.0. The Morgan fingerprint density at radius 3 is 3.00 bits per heavy atom. The highest BCUT2D eigenvalue weighted by atomic mass is 79.9. The van der Waals surface area contributed by atoms with E-state index in [-0.39, 0.29) is 6.42 Å². The molecule has 1 aromatic heterocycles. The molecule has 94 valence electrons. The fraction of sp³-hybridized carbons (Fsp3) is 0.167. The first-order valence-electron chi connectivity index (χ1n) is 5.25. The predicted octanol–water partition coefficient (Wildman–Crippen LogP) is 3.05. The minimum absolute atomic E-state index is 0.109. The van der Waals surface area contributed by atoms with Crippen molar-refractivity contribution in [3.05, 3.63) is 39.8 Å². The molecule has 4 nitrogen and oxygen atoms in total. The summed E-state index contributed by atoms with van der Waals surface area (Å²) < 4.78 is 0.978. The van der Waals surface area contributed by atoms with Gasteiger partial charge in [-0.25, -0.2) is 4.98 Å². The first kappa shape index (κ1) is 13.2. The van der Waals surface area contributed by atoms with Crippen LogP contribution in [0.2, 0.25) is 0 Å². The van der Waals surface area contributed by atoms with Gasteiger partial charge in [0.1, 0.15) is 5.01 Å². The number of hydrogen-bond acceptors (Lipinski definition) is 4. The zero-order chi connectivity index (χ0) is 13.1. The van der Waals surface area contributed by atoms with Gasteiger partial charge in [0.05, 0.1) is 18.2 Å². The zero-order valence-corrected chi connectivity index (χ0v) is 11.7. The second-order valence-electron chi connectivity index (χ2n) is 3.79. The van der Waals surface area contributed by atoms with E-state index in [0.29, 0.717) is 5.69 Å². The Hall–Kier alpha value is -1.24. The number of carboxylic acids is 1. The van der Waals surface area contributed by atoms with Crippen molar-refractivity contribution < 1.29 is 9.90 Å². The van der Waals surface area contributed by atoms with Crippen molar-refractivity contribution >= 4 is 33.2 Å². The number of halogens is 1. The molecule has 0 aliphatic carbocycles. The van der Waals surface area contributed by atoms with Crippen LogP contribution >= 0.6 is 27.3 Å². The second-order valence-corrected chi connectivity index (χ2v) is 5.57. The van der Waals surface area contributed by atoms with E-state index >= 15 is 0 Å². The van der Waals surface area contributed by atoms with Crippen molar-refractivity contribution in [3.63, 3.8) is 0 Å². The summed E-state index contributed by atoms with van der Waals surface area (Å²) in [6.07, 6.45) is -0.109. The lowest BCUT2D eigenvalue weighted by atomic mass is 10.2. The molecular weight excluding hydrogens is 316 g/mol. The number of thiazole rings is 1. The number of hydrogen-bond donors (Lipinski definition) is 2. The number of nitrogens with two attached hydrogens (primary N) is 1. The van der Waals surface area contributed by atoms with Gasteiger partial charge in [0.25, 0.3) is 0 Å². The molecule has 2 aromatic rings. The van der Waals surface area contributed by atoms with E-state index in [0.717, 1.165) is 15.0 Å². The highest BCUT2D eigenvalue weighted by molar-refractivity contribution is 9.10. The molecule has 3 N–H and O–H groups in total. The Bertz CT molecular complexity index is 571. The molecule has 18 heavy (non-hydrogen) atoms. The average molecular weight is 327 g/mol. The second kappa shape index (κ2) is 5.60. The molecule has 0 bridgehead atoms. The molecule has 0 spiro atoms. The van der Waals surface area contributed by atoms with Gasteiger partial charge in [-0.3, -0.25) is 4.79 Å². The molecule has 1 heterocycles. The Morgan fingerprint density at radius 2 is 2.33 bits per heavy atom. The molecule has 1 atom stereocenters. The number of aromatic nitrogens is 1. The maximum atomic E-state index is 10.6. The maximum absolute atomic E-state index is 10.6. The van der Waals surface area contributed by atoms with Gasteiger partial charge in [-0.2, -0.15) is 0 Å². The Balaban J connectivity index is 2.22. The van der Waals surface area contributed by atoms with Crippen LogP contribution in [0.5, 0.6) is 0 Å². The largest absolute Gasteiger partial charge is 0.481 e. The number of aliphatic carboxylic acids is 1. The summed E-state index contributed by atoms with van der Waals surface area (Å²) in [6.45, 7) is 0. The quantitative estimate of drug-likeness (QED) is 0.905. The van der Waals surface area contributed by atoms with Crippen LogP contribution in [0.25, 0.3) is 10.6 Å². The number of carboxylic acid groups (broad SMARTS) is 1. The third-order valence-corrected chi connectivity index (χ3v) is 3.77. The SMILES string of the molecule is NC(CC(=O)O)c1csc(-c2cccc(Br)c2)n1.